The number of rotatable bonds is 6. The normalized spacial score (nSPS) is 20.5. The van der Waals surface area contributed by atoms with E-state index in [2.05, 4.69) is 24.4 Å². The van der Waals surface area contributed by atoms with Gasteiger partial charge in [-0.1, -0.05) is 13.0 Å². The molecule has 0 amide bonds. The van der Waals surface area contributed by atoms with Gasteiger partial charge in [0, 0.05) is 24.6 Å². The van der Waals surface area contributed by atoms with E-state index in [-0.39, 0.29) is 12.0 Å². The minimum absolute atomic E-state index is 0.140. The Morgan fingerprint density at radius 2 is 2.00 bits per heavy atom. The van der Waals surface area contributed by atoms with Crippen LogP contribution in [0.25, 0.3) is 0 Å². The summed E-state index contributed by atoms with van der Waals surface area (Å²) in [6.45, 7) is 4.59. The van der Waals surface area contributed by atoms with Crippen LogP contribution in [-0.2, 0) is 0 Å². The summed E-state index contributed by atoms with van der Waals surface area (Å²) in [5.74, 6) is 1.68. The quantitative estimate of drug-likeness (QED) is 0.837. The highest BCUT2D eigenvalue weighted by molar-refractivity contribution is 5.44. The molecule has 2 N–H and O–H groups in total. The summed E-state index contributed by atoms with van der Waals surface area (Å²) in [5.41, 5.74) is 1.37. The number of benzene rings is 1. The molecule has 1 aliphatic heterocycles. The van der Waals surface area contributed by atoms with Crippen LogP contribution >= 0.6 is 0 Å². The Balaban J connectivity index is 1.69. The number of aliphatic hydroxyl groups is 1. The summed E-state index contributed by atoms with van der Waals surface area (Å²) >= 11 is 0. The Morgan fingerprint density at radius 3 is 2.65 bits per heavy atom. The highest BCUT2D eigenvalue weighted by atomic mass is 16.6. The molecule has 0 saturated heterocycles. The van der Waals surface area contributed by atoms with Crippen molar-refractivity contribution in [2.45, 2.75) is 32.2 Å². The molecule has 0 radical (unpaired) electrons. The summed E-state index contributed by atoms with van der Waals surface area (Å²) in [6.07, 6.45) is 3.28. The van der Waals surface area contributed by atoms with Crippen molar-refractivity contribution in [1.82, 2.24) is 5.32 Å². The van der Waals surface area contributed by atoms with E-state index in [1.807, 2.05) is 6.07 Å². The summed E-state index contributed by atoms with van der Waals surface area (Å²) in [5, 5.41) is 13.0. The van der Waals surface area contributed by atoms with E-state index in [4.69, 9.17) is 9.47 Å². The summed E-state index contributed by atoms with van der Waals surface area (Å²) < 4.78 is 11.2. The number of hydrogen-bond donors (Lipinski definition) is 2. The van der Waals surface area contributed by atoms with E-state index in [1.165, 1.54) is 5.56 Å². The molecule has 1 unspecified atom stereocenters. The van der Waals surface area contributed by atoms with Crippen molar-refractivity contribution >= 4 is 0 Å². The zero-order valence-electron chi connectivity index (χ0n) is 12.0. The molecule has 1 fully saturated rings. The molecule has 4 nitrogen and oxygen atoms in total. The van der Waals surface area contributed by atoms with Crippen LogP contribution in [0.1, 0.15) is 37.8 Å². The van der Waals surface area contributed by atoms with Crippen LogP contribution < -0.4 is 14.8 Å². The zero-order valence-corrected chi connectivity index (χ0v) is 12.0. The van der Waals surface area contributed by atoms with E-state index in [9.17, 15) is 5.11 Å². The molecule has 3 rings (SSSR count). The monoisotopic (exact) mass is 277 g/mol. The van der Waals surface area contributed by atoms with Gasteiger partial charge in [-0.3, -0.25) is 0 Å². The van der Waals surface area contributed by atoms with Gasteiger partial charge in [-0.05, 0) is 37.0 Å². The highest BCUT2D eigenvalue weighted by Gasteiger charge is 2.41. The van der Waals surface area contributed by atoms with Crippen molar-refractivity contribution in [3.63, 3.8) is 0 Å². The Hall–Kier alpha value is -1.26. The van der Waals surface area contributed by atoms with Gasteiger partial charge in [0.05, 0.1) is 0 Å². The molecule has 2 aliphatic rings. The number of aliphatic hydroxyl groups excluding tert-OH is 1. The maximum Gasteiger partial charge on any atom is 0.161 e. The van der Waals surface area contributed by atoms with Crippen molar-refractivity contribution in [2.75, 3.05) is 26.4 Å². The van der Waals surface area contributed by atoms with Gasteiger partial charge in [0.25, 0.3) is 0 Å². The average Bonchev–Trinajstić information content (AvgIpc) is 3.28. The summed E-state index contributed by atoms with van der Waals surface area (Å²) in [4.78, 5) is 0. The predicted molar refractivity (Wildman–Crippen MR) is 77.2 cm³/mol. The molecule has 110 valence electrons. The number of fused-ring (bicyclic) bond motifs is 1. The minimum Gasteiger partial charge on any atom is -0.486 e. The number of ether oxygens (including phenoxy) is 2. The van der Waals surface area contributed by atoms with Crippen molar-refractivity contribution in [1.29, 1.82) is 0 Å². The Kier molecular flexibility index (Phi) is 3.85. The van der Waals surface area contributed by atoms with Crippen LogP contribution in [0, 0.1) is 5.41 Å². The minimum atomic E-state index is 0.140. The van der Waals surface area contributed by atoms with E-state index in [0.29, 0.717) is 19.3 Å². The molecule has 1 heterocycles. The Labute approximate surface area is 120 Å². The van der Waals surface area contributed by atoms with Gasteiger partial charge < -0.3 is 19.9 Å². The topological polar surface area (TPSA) is 50.7 Å². The van der Waals surface area contributed by atoms with Crippen molar-refractivity contribution in [2.24, 2.45) is 5.41 Å². The largest absolute Gasteiger partial charge is 0.486 e. The molecule has 0 bridgehead atoms. The van der Waals surface area contributed by atoms with E-state index in [0.717, 1.165) is 37.3 Å². The third-order valence-electron chi connectivity index (χ3n) is 4.39. The lowest BCUT2D eigenvalue weighted by Gasteiger charge is -2.24. The fourth-order valence-electron chi connectivity index (χ4n) is 2.68. The fourth-order valence-corrected chi connectivity index (χ4v) is 2.68. The van der Waals surface area contributed by atoms with Gasteiger partial charge in [-0.25, -0.2) is 0 Å². The molecule has 0 spiro atoms. The molecular weight excluding hydrogens is 254 g/mol. The average molecular weight is 277 g/mol. The van der Waals surface area contributed by atoms with Gasteiger partial charge >= 0.3 is 0 Å². The standard InChI is InChI=1S/C16H23NO3/c1-2-13(17-10-16(11-18)5-6-16)12-3-4-14-15(9-12)20-8-7-19-14/h3-4,9,13,17-18H,2,5-8,10-11H2,1H3. The van der Waals surface area contributed by atoms with E-state index < -0.39 is 0 Å². The lowest BCUT2D eigenvalue weighted by Crippen LogP contribution is -2.30. The SMILES string of the molecule is CCC(NCC1(CO)CC1)c1ccc2c(c1)OCCO2. The Morgan fingerprint density at radius 1 is 1.25 bits per heavy atom. The van der Waals surface area contributed by atoms with Crippen LogP contribution in [-0.4, -0.2) is 31.5 Å². The van der Waals surface area contributed by atoms with Gasteiger partial charge in [0.15, 0.2) is 11.5 Å². The Bertz CT molecular complexity index is 471. The van der Waals surface area contributed by atoms with Crippen molar-refractivity contribution < 1.29 is 14.6 Å². The lowest BCUT2D eigenvalue weighted by atomic mass is 10.0. The second-order valence-electron chi connectivity index (χ2n) is 5.90. The molecule has 1 aromatic carbocycles. The third kappa shape index (κ3) is 2.76. The van der Waals surface area contributed by atoms with Crippen LogP contribution in [0.5, 0.6) is 11.5 Å². The molecule has 1 atom stereocenters. The first-order chi connectivity index (χ1) is 9.76. The van der Waals surface area contributed by atoms with Crippen molar-refractivity contribution in [3.05, 3.63) is 23.8 Å². The van der Waals surface area contributed by atoms with Crippen LogP contribution in [0.4, 0.5) is 0 Å². The molecule has 1 aliphatic carbocycles. The molecular formula is C16H23NO3. The van der Waals surface area contributed by atoms with E-state index >= 15 is 0 Å². The van der Waals surface area contributed by atoms with Gasteiger partial charge in [0.1, 0.15) is 13.2 Å². The maximum atomic E-state index is 9.39. The number of nitrogens with one attached hydrogen (secondary N) is 1. The van der Waals surface area contributed by atoms with Crippen molar-refractivity contribution in [3.8, 4) is 11.5 Å². The van der Waals surface area contributed by atoms with E-state index in [1.54, 1.807) is 0 Å². The molecule has 4 heteroatoms. The lowest BCUT2D eigenvalue weighted by molar-refractivity contribution is 0.171. The van der Waals surface area contributed by atoms with Gasteiger partial charge in [-0.15, -0.1) is 0 Å². The predicted octanol–water partition coefficient (Wildman–Crippen LogP) is 2.27. The highest BCUT2D eigenvalue weighted by Crippen LogP contribution is 2.44. The van der Waals surface area contributed by atoms with Gasteiger partial charge in [0.2, 0.25) is 0 Å². The summed E-state index contributed by atoms with van der Waals surface area (Å²) in [6, 6.07) is 6.48. The van der Waals surface area contributed by atoms with Crippen LogP contribution in [0.3, 0.4) is 0 Å². The fraction of sp³-hybridized carbons (Fsp3) is 0.625. The number of hydrogen-bond acceptors (Lipinski definition) is 4. The first kappa shape index (κ1) is 13.7. The van der Waals surface area contributed by atoms with Crippen LogP contribution in [0.15, 0.2) is 18.2 Å². The first-order valence-corrected chi connectivity index (χ1v) is 7.50. The molecule has 1 aromatic rings. The second-order valence-corrected chi connectivity index (χ2v) is 5.90. The summed E-state index contributed by atoms with van der Waals surface area (Å²) in [7, 11) is 0. The first-order valence-electron chi connectivity index (χ1n) is 7.50. The molecule has 0 aromatic heterocycles. The van der Waals surface area contributed by atoms with Crippen LogP contribution in [0.2, 0.25) is 0 Å². The maximum absolute atomic E-state index is 9.39. The molecule has 20 heavy (non-hydrogen) atoms. The smallest absolute Gasteiger partial charge is 0.161 e. The second kappa shape index (κ2) is 5.62. The molecule has 1 saturated carbocycles. The third-order valence-corrected chi connectivity index (χ3v) is 4.39. The van der Waals surface area contributed by atoms with Gasteiger partial charge in [-0.2, -0.15) is 0 Å². The zero-order chi connectivity index (χ0) is 14.0.